The van der Waals surface area contributed by atoms with E-state index in [-0.39, 0.29) is 5.92 Å². The minimum Gasteiger partial charge on any atom is -0.384 e. The van der Waals surface area contributed by atoms with Crippen molar-refractivity contribution in [3.05, 3.63) is 33.3 Å². The number of fused-ring (bicyclic) bond motifs is 2. The van der Waals surface area contributed by atoms with Gasteiger partial charge in [-0.2, -0.15) is 5.26 Å². The van der Waals surface area contributed by atoms with Gasteiger partial charge in [-0.3, -0.25) is 0 Å². The molecule has 0 heterocycles. The van der Waals surface area contributed by atoms with Crippen LogP contribution in [0, 0.1) is 28.6 Å². The molecule has 106 valence electrons. The smallest absolute Gasteiger partial charge is 0.107 e. The Morgan fingerprint density at radius 3 is 2.75 bits per heavy atom. The van der Waals surface area contributed by atoms with Gasteiger partial charge >= 0.3 is 0 Å². The lowest BCUT2D eigenvalue weighted by Gasteiger charge is -2.44. The highest BCUT2D eigenvalue weighted by molar-refractivity contribution is 9.10. The second-order valence-electron chi connectivity index (χ2n) is 6.36. The monoisotopic (exact) mass is 353 g/mol. The molecule has 2 fully saturated rings. The van der Waals surface area contributed by atoms with E-state index in [9.17, 15) is 10.4 Å². The average Bonchev–Trinajstić information content (AvgIpc) is 2.98. The first-order valence-electron chi connectivity index (χ1n) is 7.00. The summed E-state index contributed by atoms with van der Waals surface area (Å²) in [6, 6.07) is 7.95. The standard InChI is InChI=1S/C16H17BrClNO/c1-15(20,13-5-4-12(17)7-14(13)18)16(9-19)8-10-2-3-11(16)6-10/h4-5,7,10-11,20H,2-3,6,8H2,1H3. The summed E-state index contributed by atoms with van der Waals surface area (Å²) in [5, 5.41) is 21.5. The van der Waals surface area contributed by atoms with Gasteiger partial charge in [-0.05, 0) is 50.2 Å². The molecule has 3 rings (SSSR count). The zero-order valence-corrected chi connectivity index (χ0v) is 13.7. The van der Waals surface area contributed by atoms with Crippen molar-refractivity contribution in [2.75, 3.05) is 0 Å². The van der Waals surface area contributed by atoms with Crippen molar-refractivity contribution < 1.29 is 5.11 Å². The predicted molar refractivity (Wildman–Crippen MR) is 82.2 cm³/mol. The highest BCUT2D eigenvalue weighted by atomic mass is 79.9. The van der Waals surface area contributed by atoms with Gasteiger partial charge in [-0.15, -0.1) is 0 Å². The largest absolute Gasteiger partial charge is 0.384 e. The Bertz CT molecular complexity index is 595. The van der Waals surface area contributed by atoms with Crippen molar-refractivity contribution >= 4 is 27.5 Å². The third-order valence-corrected chi connectivity index (χ3v) is 6.18. The van der Waals surface area contributed by atoms with E-state index in [0.717, 1.165) is 23.7 Å². The summed E-state index contributed by atoms with van der Waals surface area (Å²) in [5.41, 5.74) is -1.25. The molecule has 1 aromatic rings. The first-order valence-corrected chi connectivity index (χ1v) is 8.17. The van der Waals surface area contributed by atoms with E-state index in [1.54, 1.807) is 13.0 Å². The van der Waals surface area contributed by atoms with E-state index >= 15 is 0 Å². The fourth-order valence-electron chi connectivity index (χ4n) is 4.30. The highest BCUT2D eigenvalue weighted by Crippen LogP contribution is 2.63. The second kappa shape index (κ2) is 4.73. The van der Waals surface area contributed by atoms with Gasteiger partial charge < -0.3 is 5.11 Å². The molecule has 2 bridgehead atoms. The van der Waals surface area contributed by atoms with E-state index in [1.807, 2.05) is 12.1 Å². The van der Waals surface area contributed by atoms with E-state index in [4.69, 9.17) is 11.6 Å². The van der Waals surface area contributed by atoms with E-state index in [0.29, 0.717) is 16.5 Å². The van der Waals surface area contributed by atoms with Crippen LogP contribution in [0.25, 0.3) is 0 Å². The molecule has 2 aliphatic carbocycles. The van der Waals surface area contributed by atoms with E-state index in [1.165, 1.54) is 6.42 Å². The summed E-state index contributed by atoms with van der Waals surface area (Å²) < 4.78 is 0.876. The average molecular weight is 355 g/mol. The molecule has 20 heavy (non-hydrogen) atoms. The summed E-state index contributed by atoms with van der Waals surface area (Å²) in [4.78, 5) is 0. The molecule has 1 N–H and O–H groups in total. The summed E-state index contributed by atoms with van der Waals surface area (Å²) >= 11 is 9.69. The van der Waals surface area contributed by atoms with Crippen LogP contribution in [0.4, 0.5) is 0 Å². The lowest BCUT2D eigenvalue weighted by molar-refractivity contribution is -0.0733. The minimum absolute atomic E-state index is 0.284. The first kappa shape index (κ1) is 14.4. The topological polar surface area (TPSA) is 44.0 Å². The number of hydrogen-bond donors (Lipinski definition) is 1. The fourth-order valence-corrected chi connectivity index (χ4v) is 5.15. The summed E-state index contributed by atoms with van der Waals surface area (Å²) in [7, 11) is 0. The van der Waals surface area contributed by atoms with Gasteiger partial charge in [-0.1, -0.05) is 40.0 Å². The highest BCUT2D eigenvalue weighted by Gasteiger charge is 2.61. The molecule has 0 amide bonds. The summed E-state index contributed by atoms with van der Waals surface area (Å²) in [5.74, 6) is 0.868. The van der Waals surface area contributed by atoms with Crippen molar-refractivity contribution in [3.63, 3.8) is 0 Å². The maximum Gasteiger partial charge on any atom is 0.107 e. The molecular formula is C16H17BrClNO. The molecule has 1 aromatic carbocycles. The van der Waals surface area contributed by atoms with Crippen LogP contribution in [0.15, 0.2) is 22.7 Å². The number of benzene rings is 1. The molecule has 2 saturated carbocycles. The van der Waals surface area contributed by atoms with Crippen molar-refractivity contribution in [1.29, 1.82) is 5.26 Å². The first-order chi connectivity index (χ1) is 9.40. The molecule has 4 atom stereocenters. The molecular weight excluding hydrogens is 338 g/mol. The Morgan fingerprint density at radius 2 is 2.25 bits per heavy atom. The fraction of sp³-hybridized carbons (Fsp3) is 0.562. The third kappa shape index (κ3) is 1.85. The normalized spacial score (nSPS) is 34.8. The quantitative estimate of drug-likeness (QED) is 0.841. The zero-order chi connectivity index (χ0) is 14.5. The van der Waals surface area contributed by atoms with Crippen LogP contribution in [-0.4, -0.2) is 5.11 Å². The van der Waals surface area contributed by atoms with Gasteiger partial charge in [0.2, 0.25) is 0 Å². The molecule has 4 heteroatoms. The Kier molecular flexibility index (Phi) is 3.40. The lowest BCUT2D eigenvalue weighted by atomic mass is 9.61. The summed E-state index contributed by atoms with van der Waals surface area (Å²) in [6.45, 7) is 1.76. The number of aliphatic hydroxyl groups is 1. The van der Waals surface area contributed by atoms with Crippen molar-refractivity contribution in [2.45, 2.75) is 38.2 Å². The van der Waals surface area contributed by atoms with Gasteiger partial charge in [0.1, 0.15) is 5.60 Å². The molecule has 0 radical (unpaired) electrons. The molecule has 2 aliphatic rings. The molecule has 4 unspecified atom stereocenters. The minimum atomic E-state index is -1.21. The van der Waals surface area contributed by atoms with E-state index < -0.39 is 11.0 Å². The number of rotatable bonds is 2. The zero-order valence-electron chi connectivity index (χ0n) is 11.4. The van der Waals surface area contributed by atoms with Crippen LogP contribution in [0.5, 0.6) is 0 Å². The van der Waals surface area contributed by atoms with Gasteiger partial charge in [-0.25, -0.2) is 0 Å². The number of hydrogen-bond acceptors (Lipinski definition) is 2. The van der Waals surface area contributed by atoms with Gasteiger partial charge in [0.15, 0.2) is 0 Å². The maximum atomic E-state index is 11.2. The lowest BCUT2D eigenvalue weighted by Crippen LogP contribution is -2.46. The molecule has 0 saturated heterocycles. The van der Waals surface area contributed by atoms with Crippen molar-refractivity contribution in [2.24, 2.45) is 17.3 Å². The Labute approximate surface area is 132 Å². The maximum absolute atomic E-state index is 11.2. The summed E-state index contributed by atoms with van der Waals surface area (Å²) in [6.07, 6.45) is 4.09. The number of nitriles is 1. The number of nitrogens with zero attached hydrogens (tertiary/aromatic N) is 1. The van der Waals surface area contributed by atoms with Crippen LogP contribution < -0.4 is 0 Å². The Hall–Kier alpha value is -0.560. The third-order valence-electron chi connectivity index (χ3n) is 5.37. The molecule has 2 nitrogen and oxygen atoms in total. The van der Waals surface area contributed by atoms with Crippen LogP contribution in [-0.2, 0) is 5.60 Å². The van der Waals surface area contributed by atoms with Crippen molar-refractivity contribution in [3.8, 4) is 6.07 Å². The molecule has 0 aromatic heterocycles. The molecule has 0 spiro atoms. The van der Waals surface area contributed by atoms with Crippen LogP contribution in [0.2, 0.25) is 5.02 Å². The van der Waals surface area contributed by atoms with Crippen LogP contribution in [0.1, 0.15) is 38.2 Å². The Balaban J connectivity index is 2.09. The second-order valence-corrected chi connectivity index (χ2v) is 7.68. The SMILES string of the molecule is CC(O)(c1ccc(Br)cc1Cl)C1(C#N)CC2CCC1C2. The van der Waals surface area contributed by atoms with Crippen LogP contribution >= 0.6 is 27.5 Å². The van der Waals surface area contributed by atoms with Crippen LogP contribution in [0.3, 0.4) is 0 Å². The number of halogens is 2. The van der Waals surface area contributed by atoms with Gasteiger partial charge in [0.25, 0.3) is 0 Å². The Morgan fingerprint density at radius 1 is 1.50 bits per heavy atom. The van der Waals surface area contributed by atoms with Gasteiger partial charge in [0.05, 0.1) is 11.5 Å². The predicted octanol–water partition coefficient (Wildman–Crippen LogP) is 4.64. The molecule has 0 aliphatic heterocycles. The van der Waals surface area contributed by atoms with Crippen molar-refractivity contribution in [1.82, 2.24) is 0 Å². The van der Waals surface area contributed by atoms with Gasteiger partial charge in [0, 0.05) is 15.1 Å². The van der Waals surface area contributed by atoms with E-state index in [2.05, 4.69) is 22.0 Å².